The van der Waals surface area contributed by atoms with E-state index in [-0.39, 0.29) is 6.54 Å². The topological polar surface area (TPSA) is 155 Å². The van der Waals surface area contributed by atoms with Crippen LogP contribution in [0.1, 0.15) is 34.1 Å². The molecular formula is C17H27NO10S. The number of esters is 4. The van der Waals surface area contributed by atoms with E-state index in [0.29, 0.717) is 12.2 Å². The van der Waals surface area contributed by atoms with Crippen molar-refractivity contribution in [3.63, 3.8) is 0 Å². The van der Waals surface area contributed by atoms with Gasteiger partial charge in [0, 0.05) is 34.2 Å². The maximum absolute atomic E-state index is 12.5. The Morgan fingerprint density at radius 3 is 1.83 bits per heavy atom. The normalized spacial score (nSPS) is 14.6. The SMILES string of the molecule is CC(=O)OC[C@@H](O)[C@@H](OC(C)=O)[C@H](OC(C)=O)[C@@H](OC(C)=O)C(=O)NCCCS. The molecule has 2 N–H and O–H groups in total. The Bertz CT molecular complexity index is 597. The molecule has 0 fully saturated rings. The summed E-state index contributed by atoms with van der Waals surface area (Å²) < 4.78 is 19.7. The lowest BCUT2D eigenvalue weighted by Gasteiger charge is -2.33. The fourth-order valence-corrected chi connectivity index (χ4v) is 2.34. The third kappa shape index (κ3) is 11.3. The van der Waals surface area contributed by atoms with Gasteiger partial charge < -0.3 is 29.4 Å². The summed E-state index contributed by atoms with van der Waals surface area (Å²) in [5, 5.41) is 12.8. The van der Waals surface area contributed by atoms with Crippen molar-refractivity contribution in [1.29, 1.82) is 0 Å². The molecule has 0 aromatic rings. The fourth-order valence-electron chi connectivity index (χ4n) is 2.19. The summed E-state index contributed by atoms with van der Waals surface area (Å²) >= 11 is 4.02. The number of aliphatic hydroxyl groups excluding tert-OH is 1. The van der Waals surface area contributed by atoms with Crippen LogP contribution in [-0.4, -0.2) is 78.2 Å². The second-order valence-electron chi connectivity index (χ2n) is 5.92. The van der Waals surface area contributed by atoms with Crippen LogP contribution in [0.3, 0.4) is 0 Å². The summed E-state index contributed by atoms with van der Waals surface area (Å²) in [5.41, 5.74) is 0. The average Bonchev–Trinajstić information content (AvgIpc) is 2.60. The van der Waals surface area contributed by atoms with Crippen LogP contribution in [0.25, 0.3) is 0 Å². The minimum Gasteiger partial charge on any atom is -0.463 e. The predicted octanol–water partition coefficient (Wildman–Crippen LogP) is -0.858. The lowest BCUT2D eigenvalue weighted by Crippen LogP contribution is -2.56. The molecule has 0 aliphatic heterocycles. The van der Waals surface area contributed by atoms with E-state index in [2.05, 4.69) is 22.7 Å². The maximum atomic E-state index is 12.5. The van der Waals surface area contributed by atoms with Crippen LogP contribution in [0.5, 0.6) is 0 Å². The number of rotatable bonds is 12. The third-order valence-corrected chi connectivity index (χ3v) is 3.56. The highest BCUT2D eigenvalue weighted by atomic mass is 32.1. The van der Waals surface area contributed by atoms with Crippen LogP contribution in [0.2, 0.25) is 0 Å². The molecular weight excluding hydrogens is 410 g/mol. The highest BCUT2D eigenvalue weighted by molar-refractivity contribution is 7.80. The monoisotopic (exact) mass is 437 g/mol. The van der Waals surface area contributed by atoms with Gasteiger partial charge in [-0.3, -0.25) is 24.0 Å². The summed E-state index contributed by atoms with van der Waals surface area (Å²) in [7, 11) is 0. The summed E-state index contributed by atoms with van der Waals surface area (Å²) in [6.07, 6.45) is -6.30. The van der Waals surface area contributed by atoms with E-state index in [4.69, 9.17) is 14.2 Å². The van der Waals surface area contributed by atoms with Crippen molar-refractivity contribution < 1.29 is 48.0 Å². The van der Waals surface area contributed by atoms with E-state index < -0.39 is 60.8 Å². The first kappa shape index (κ1) is 26.7. The van der Waals surface area contributed by atoms with Crippen molar-refractivity contribution in [2.24, 2.45) is 0 Å². The smallest absolute Gasteiger partial charge is 0.303 e. The highest BCUT2D eigenvalue weighted by Crippen LogP contribution is 2.18. The predicted molar refractivity (Wildman–Crippen MR) is 101 cm³/mol. The molecule has 12 heteroatoms. The van der Waals surface area contributed by atoms with Crippen molar-refractivity contribution in [2.45, 2.75) is 58.5 Å². The van der Waals surface area contributed by atoms with Crippen molar-refractivity contribution in [3.8, 4) is 0 Å². The number of ether oxygens (including phenoxy) is 4. The second kappa shape index (κ2) is 13.8. The number of hydrogen-bond donors (Lipinski definition) is 3. The van der Waals surface area contributed by atoms with Gasteiger partial charge in [-0.15, -0.1) is 0 Å². The molecule has 0 saturated carbocycles. The summed E-state index contributed by atoms with van der Waals surface area (Å²) in [5.74, 6) is -3.75. The molecule has 11 nitrogen and oxygen atoms in total. The second-order valence-corrected chi connectivity index (χ2v) is 6.36. The average molecular weight is 437 g/mol. The summed E-state index contributed by atoms with van der Waals surface area (Å²) in [4.78, 5) is 58.2. The molecule has 0 spiro atoms. The summed E-state index contributed by atoms with van der Waals surface area (Å²) in [6.45, 7) is 3.70. The van der Waals surface area contributed by atoms with Gasteiger partial charge in [-0.2, -0.15) is 12.6 Å². The Balaban J connectivity index is 5.89. The Morgan fingerprint density at radius 1 is 0.862 bits per heavy atom. The molecule has 4 atom stereocenters. The van der Waals surface area contributed by atoms with Gasteiger partial charge in [0.25, 0.3) is 5.91 Å². The number of carbonyl (C=O) groups excluding carboxylic acids is 5. The van der Waals surface area contributed by atoms with Crippen LogP contribution in [-0.2, 0) is 42.9 Å². The zero-order valence-corrected chi connectivity index (χ0v) is 17.6. The van der Waals surface area contributed by atoms with E-state index in [1.807, 2.05) is 0 Å². The van der Waals surface area contributed by atoms with Gasteiger partial charge in [0.05, 0.1) is 0 Å². The molecule has 29 heavy (non-hydrogen) atoms. The standard InChI is InChI=1S/C17H27NO10S/c1-9(19)25-8-13(23)14(26-10(2)20)15(27-11(3)21)16(28-12(4)22)17(24)18-6-5-7-29/h13-16,23,29H,5-8H2,1-4H3,(H,18,24)/t13-,14-,15+,16-/m1/s1. The van der Waals surface area contributed by atoms with Gasteiger partial charge in [-0.05, 0) is 12.2 Å². The Morgan fingerprint density at radius 2 is 1.38 bits per heavy atom. The summed E-state index contributed by atoms with van der Waals surface area (Å²) in [6, 6.07) is 0. The van der Waals surface area contributed by atoms with Crippen LogP contribution in [0.15, 0.2) is 0 Å². The lowest BCUT2D eigenvalue weighted by molar-refractivity contribution is -0.197. The molecule has 0 bridgehead atoms. The third-order valence-electron chi connectivity index (χ3n) is 3.25. The van der Waals surface area contributed by atoms with Gasteiger partial charge >= 0.3 is 23.9 Å². The molecule has 0 aromatic carbocycles. The molecule has 166 valence electrons. The zero-order valence-electron chi connectivity index (χ0n) is 16.7. The van der Waals surface area contributed by atoms with Gasteiger partial charge in [0.2, 0.25) is 6.10 Å². The van der Waals surface area contributed by atoms with Gasteiger partial charge in [-0.1, -0.05) is 0 Å². The molecule has 0 unspecified atom stereocenters. The van der Waals surface area contributed by atoms with Crippen LogP contribution in [0.4, 0.5) is 0 Å². The number of carbonyl (C=O) groups is 5. The van der Waals surface area contributed by atoms with E-state index in [1.165, 1.54) is 0 Å². The van der Waals surface area contributed by atoms with Crippen LogP contribution < -0.4 is 5.32 Å². The van der Waals surface area contributed by atoms with Crippen molar-refractivity contribution >= 4 is 42.4 Å². The molecule has 0 rings (SSSR count). The van der Waals surface area contributed by atoms with E-state index >= 15 is 0 Å². The minimum absolute atomic E-state index is 0.182. The molecule has 0 heterocycles. The van der Waals surface area contributed by atoms with E-state index in [0.717, 1.165) is 27.7 Å². The number of nitrogens with one attached hydrogen (secondary N) is 1. The molecule has 0 aromatic heterocycles. The molecule has 1 amide bonds. The first-order chi connectivity index (χ1) is 13.5. The molecule has 0 saturated heterocycles. The largest absolute Gasteiger partial charge is 0.463 e. The molecule has 0 aliphatic carbocycles. The molecule has 0 radical (unpaired) electrons. The number of amides is 1. The lowest BCUT2D eigenvalue weighted by atomic mass is 10.0. The maximum Gasteiger partial charge on any atom is 0.303 e. The van der Waals surface area contributed by atoms with Gasteiger partial charge in [0.1, 0.15) is 12.7 Å². The quantitative estimate of drug-likeness (QED) is 0.152. The zero-order chi connectivity index (χ0) is 22.6. The van der Waals surface area contributed by atoms with Crippen LogP contribution >= 0.6 is 12.6 Å². The Kier molecular flexibility index (Phi) is 12.7. The van der Waals surface area contributed by atoms with Crippen molar-refractivity contribution in [2.75, 3.05) is 18.9 Å². The number of thiol groups is 1. The first-order valence-electron chi connectivity index (χ1n) is 8.71. The first-order valence-corrected chi connectivity index (χ1v) is 9.34. The Labute approximate surface area is 173 Å². The number of aliphatic hydroxyl groups is 1. The minimum atomic E-state index is -1.74. The van der Waals surface area contributed by atoms with Crippen LogP contribution in [0, 0.1) is 0 Å². The van der Waals surface area contributed by atoms with E-state index in [9.17, 15) is 29.1 Å². The Hall–Kier alpha value is -2.34. The van der Waals surface area contributed by atoms with E-state index in [1.54, 1.807) is 0 Å². The van der Waals surface area contributed by atoms with Crippen molar-refractivity contribution in [1.82, 2.24) is 5.32 Å². The van der Waals surface area contributed by atoms with Gasteiger partial charge in [-0.25, -0.2) is 0 Å². The number of hydrogen-bond acceptors (Lipinski definition) is 11. The van der Waals surface area contributed by atoms with Gasteiger partial charge in [0.15, 0.2) is 12.2 Å². The molecule has 0 aliphatic rings. The van der Waals surface area contributed by atoms with Crippen molar-refractivity contribution in [3.05, 3.63) is 0 Å². The highest BCUT2D eigenvalue weighted by Gasteiger charge is 2.45. The fraction of sp³-hybridized carbons (Fsp3) is 0.706.